The van der Waals surface area contributed by atoms with Gasteiger partial charge in [-0.05, 0) is 37.4 Å². The van der Waals surface area contributed by atoms with Gasteiger partial charge in [0.15, 0.2) is 0 Å². The highest BCUT2D eigenvalue weighted by Crippen LogP contribution is 2.23. The van der Waals surface area contributed by atoms with Gasteiger partial charge in [-0.3, -0.25) is 9.69 Å². The molecule has 0 bridgehead atoms. The molecule has 0 radical (unpaired) electrons. The first kappa shape index (κ1) is 18.8. The monoisotopic (exact) mass is 396 g/mol. The van der Waals surface area contributed by atoms with E-state index in [-0.39, 0.29) is 5.91 Å². The molecule has 0 aromatic carbocycles. The number of hydrogen-bond donors (Lipinski definition) is 0. The summed E-state index contributed by atoms with van der Waals surface area (Å²) in [6.45, 7) is 8.55. The number of carbonyl (C=O) groups is 1. The van der Waals surface area contributed by atoms with Crippen LogP contribution in [0.1, 0.15) is 29.4 Å². The molecular formula is C20H24N6OS. The summed E-state index contributed by atoms with van der Waals surface area (Å²) in [5, 5.41) is 6.43. The molecule has 28 heavy (non-hydrogen) atoms. The molecule has 1 saturated heterocycles. The van der Waals surface area contributed by atoms with E-state index in [1.807, 2.05) is 35.4 Å². The van der Waals surface area contributed by atoms with Crippen LogP contribution < -0.4 is 0 Å². The molecule has 0 atom stereocenters. The predicted octanol–water partition coefficient (Wildman–Crippen LogP) is 2.87. The van der Waals surface area contributed by atoms with E-state index in [1.165, 1.54) is 0 Å². The van der Waals surface area contributed by atoms with Crippen molar-refractivity contribution < 1.29 is 4.79 Å². The van der Waals surface area contributed by atoms with Gasteiger partial charge in [0, 0.05) is 32.4 Å². The maximum Gasteiger partial charge on any atom is 0.257 e. The number of rotatable bonds is 5. The van der Waals surface area contributed by atoms with Gasteiger partial charge in [0.25, 0.3) is 11.9 Å². The molecule has 0 aliphatic carbocycles. The lowest BCUT2D eigenvalue weighted by Gasteiger charge is -2.34. The van der Waals surface area contributed by atoms with E-state index in [9.17, 15) is 4.79 Å². The van der Waals surface area contributed by atoms with Gasteiger partial charge in [0.1, 0.15) is 0 Å². The fourth-order valence-electron chi connectivity index (χ4n) is 3.49. The summed E-state index contributed by atoms with van der Waals surface area (Å²) in [6.07, 6.45) is 4.51. The Hall–Kier alpha value is -2.58. The van der Waals surface area contributed by atoms with Gasteiger partial charge < -0.3 is 4.90 Å². The van der Waals surface area contributed by atoms with Crippen molar-refractivity contribution >= 4 is 17.2 Å². The van der Waals surface area contributed by atoms with E-state index in [0.717, 1.165) is 55.4 Å². The number of hydrogen-bond acceptors (Lipinski definition) is 6. The van der Waals surface area contributed by atoms with E-state index < -0.39 is 0 Å². The summed E-state index contributed by atoms with van der Waals surface area (Å²) in [6, 6.07) is 5.91. The lowest BCUT2D eigenvalue weighted by Crippen LogP contribution is -2.48. The van der Waals surface area contributed by atoms with Crippen LogP contribution in [0.3, 0.4) is 0 Å². The molecule has 146 valence electrons. The SMILES string of the molecule is CCCN1CCN(C(=O)c2cnn(-c3nccc(-c4cccs4)n3)c2C)CC1. The summed E-state index contributed by atoms with van der Waals surface area (Å²) >= 11 is 1.63. The Morgan fingerprint density at radius 1 is 1.21 bits per heavy atom. The Kier molecular flexibility index (Phi) is 5.50. The van der Waals surface area contributed by atoms with E-state index in [2.05, 4.69) is 26.9 Å². The maximum absolute atomic E-state index is 13.0. The highest BCUT2D eigenvalue weighted by atomic mass is 32.1. The van der Waals surface area contributed by atoms with E-state index in [4.69, 9.17) is 0 Å². The number of aromatic nitrogens is 4. The molecule has 4 heterocycles. The molecule has 4 rings (SSSR count). The van der Waals surface area contributed by atoms with Gasteiger partial charge in [0.05, 0.1) is 28.0 Å². The van der Waals surface area contributed by atoms with Crippen LogP contribution in [-0.2, 0) is 0 Å². The lowest BCUT2D eigenvalue weighted by atomic mass is 10.2. The molecule has 7 nitrogen and oxygen atoms in total. The van der Waals surface area contributed by atoms with Crippen LogP contribution in [0.5, 0.6) is 0 Å². The van der Waals surface area contributed by atoms with Crippen LogP contribution in [0, 0.1) is 6.92 Å². The molecule has 0 spiro atoms. The van der Waals surface area contributed by atoms with Crippen molar-refractivity contribution in [3.63, 3.8) is 0 Å². The molecule has 3 aromatic rings. The number of nitrogens with zero attached hydrogens (tertiary/aromatic N) is 6. The largest absolute Gasteiger partial charge is 0.336 e. The van der Waals surface area contributed by atoms with Gasteiger partial charge in [0.2, 0.25) is 0 Å². The van der Waals surface area contributed by atoms with E-state index >= 15 is 0 Å². The average Bonchev–Trinajstić information content (AvgIpc) is 3.38. The van der Waals surface area contributed by atoms with Crippen LogP contribution in [0.15, 0.2) is 36.0 Å². The Labute approximate surface area is 168 Å². The van der Waals surface area contributed by atoms with Crippen LogP contribution >= 0.6 is 11.3 Å². The lowest BCUT2D eigenvalue weighted by molar-refractivity contribution is 0.0637. The fourth-order valence-corrected chi connectivity index (χ4v) is 4.19. The third-order valence-corrected chi connectivity index (χ3v) is 5.94. The van der Waals surface area contributed by atoms with Gasteiger partial charge in [-0.15, -0.1) is 11.3 Å². The zero-order chi connectivity index (χ0) is 19.5. The van der Waals surface area contributed by atoms with E-state index in [0.29, 0.717) is 11.5 Å². The molecular weight excluding hydrogens is 372 g/mol. The first-order valence-electron chi connectivity index (χ1n) is 9.61. The van der Waals surface area contributed by atoms with E-state index in [1.54, 1.807) is 28.4 Å². The van der Waals surface area contributed by atoms with Crippen LogP contribution in [0.25, 0.3) is 16.5 Å². The third-order valence-electron chi connectivity index (χ3n) is 5.05. The summed E-state index contributed by atoms with van der Waals surface area (Å²) in [5.74, 6) is 0.518. The minimum Gasteiger partial charge on any atom is -0.336 e. The van der Waals surface area contributed by atoms with Crippen molar-refractivity contribution in [2.24, 2.45) is 0 Å². The zero-order valence-electron chi connectivity index (χ0n) is 16.2. The highest BCUT2D eigenvalue weighted by molar-refractivity contribution is 7.13. The average molecular weight is 397 g/mol. The molecule has 0 saturated carbocycles. The molecule has 1 fully saturated rings. The van der Waals surface area contributed by atoms with Crippen molar-refractivity contribution in [2.45, 2.75) is 20.3 Å². The molecule has 0 unspecified atom stereocenters. The number of piperazine rings is 1. The molecule has 0 N–H and O–H groups in total. The fraction of sp³-hybridized carbons (Fsp3) is 0.400. The molecule has 1 amide bonds. The van der Waals surface area contributed by atoms with Crippen LogP contribution in [-0.4, -0.2) is 68.2 Å². The number of amides is 1. The highest BCUT2D eigenvalue weighted by Gasteiger charge is 2.25. The van der Waals surface area contributed by atoms with Gasteiger partial charge in [-0.2, -0.15) is 5.10 Å². The second-order valence-electron chi connectivity index (χ2n) is 6.91. The molecule has 3 aromatic heterocycles. The molecule has 1 aliphatic rings. The van der Waals surface area contributed by atoms with Crippen molar-refractivity contribution in [3.05, 3.63) is 47.2 Å². The topological polar surface area (TPSA) is 67.2 Å². The summed E-state index contributed by atoms with van der Waals surface area (Å²) < 4.78 is 1.65. The first-order valence-corrected chi connectivity index (χ1v) is 10.5. The minimum absolute atomic E-state index is 0.0364. The summed E-state index contributed by atoms with van der Waals surface area (Å²) in [4.78, 5) is 27.4. The van der Waals surface area contributed by atoms with Crippen molar-refractivity contribution in [1.82, 2.24) is 29.5 Å². The molecule has 1 aliphatic heterocycles. The molecule has 8 heteroatoms. The van der Waals surface area contributed by atoms with Crippen LogP contribution in [0.2, 0.25) is 0 Å². The van der Waals surface area contributed by atoms with Gasteiger partial charge in [-0.1, -0.05) is 13.0 Å². The summed E-state index contributed by atoms with van der Waals surface area (Å²) in [5.41, 5.74) is 2.24. The second kappa shape index (κ2) is 8.20. The van der Waals surface area contributed by atoms with Crippen molar-refractivity contribution in [2.75, 3.05) is 32.7 Å². The quantitative estimate of drug-likeness (QED) is 0.663. The second-order valence-corrected chi connectivity index (χ2v) is 7.86. The summed E-state index contributed by atoms with van der Waals surface area (Å²) in [7, 11) is 0. The zero-order valence-corrected chi connectivity index (χ0v) is 17.0. The minimum atomic E-state index is 0.0364. The van der Waals surface area contributed by atoms with Crippen molar-refractivity contribution in [3.8, 4) is 16.5 Å². The normalized spacial score (nSPS) is 15.1. The van der Waals surface area contributed by atoms with Gasteiger partial charge >= 0.3 is 0 Å². The Bertz CT molecular complexity index is 944. The first-order chi connectivity index (χ1) is 13.7. The third kappa shape index (κ3) is 3.70. The smallest absolute Gasteiger partial charge is 0.257 e. The van der Waals surface area contributed by atoms with Crippen molar-refractivity contribution in [1.29, 1.82) is 0 Å². The standard InChI is InChI=1S/C20H24N6OS/c1-3-8-24-9-11-25(12-10-24)19(27)16-14-22-26(15(16)2)20-21-7-6-17(23-20)18-5-4-13-28-18/h4-7,13-14H,3,8-12H2,1-2H3. The maximum atomic E-state index is 13.0. The predicted molar refractivity (Wildman–Crippen MR) is 110 cm³/mol. The Morgan fingerprint density at radius 2 is 2.04 bits per heavy atom. The number of thiophene rings is 1. The Balaban J connectivity index is 1.54. The van der Waals surface area contributed by atoms with Crippen LogP contribution in [0.4, 0.5) is 0 Å². The number of carbonyl (C=O) groups excluding carboxylic acids is 1. The van der Waals surface area contributed by atoms with Gasteiger partial charge in [-0.25, -0.2) is 14.6 Å². The Morgan fingerprint density at radius 3 is 2.75 bits per heavy atom.